The van der Waals surface area contributed by atoms with E-state index in [1.807, 2.05) is 59.3 Å². The molecule has 0 aliphatic rings. The van der Waals surface area contributed by atoms with Gasteiger partial charge >= 0.3 is 0 Å². The lowest BCUT2D eigenvalue weighted by Gasteiger charge is -2.06. The maximum atomic E-state index is 12.3. The third-order valence-corrected chi connectivity index (χ3v) is 3.92. The van der Waals surface area contributed by atoms with Crippen LogP contribution >= 0.6 is 27.5 Å². The van der Waals surface area contributed by atoms with Gasteiger partial charge in [-0.3, -0.25) is 4.79 Å². The van der Waals surface area contributed by atoms with Crippen molar-refractivity contribution in [3.63, 3.8) is 0 Å². The molecule has 0 amide bonds. The molecular weight excluding hydrogens is 338 g/mol. The zero-order chi connectivity index (χ0) is 14.1. The van der Waals surface area contributed by atoms with Crippen LogP contribution in [0.1, 0.15) is 10.4 Å². The topological polar surface area (TPSA) is 22.0 Å². The molecule has 0 radical (unpaired) electrons. The van der Waals surface area contributed by atoms with Crippen LogP contribution in [0.25, 0.3) is 10.9 Å². The molecule has 0 N–H and O–H groups in total. The number of ketones is 1. The minimum absolute atomic E-state index is 0.0729. The lowest BCUT2D eigenvalue weighted by Crippen LogP contribution is -2.09. The summed E-state index contributed by atoms with van der Waals surface area (Å²) >= 11 is 9.40. The average Bonchev–Trinajstić information content (AvgIpc) is 2.81. The highest BCUT2D eigenvalue weighted by Gasteiger charge is 2.09. The van der Waals surface area contributed by atoms with Crippen molar-refractivity contribution in [2.45, 2.75) is 6.54 Å². The van der Waals surface area contributed by atoms with Crippen LogP contribution in [0.5, 0.6) is 0 Å². The molecule has 4 heteroatoms. The third-order valence-electron chi connectivity index (χ3n) is 3.20. The molecule has 3 aromatic rings. The van der Waals surface area contributed by atoms with Gasteiger partial charge in [0.25, 0.3) is 0 Å². The van der Waals surface area contributed by atoms with E-state index in [9.17, 15) is 4.79 Å². The molecule has 0 fully saturated rings. The first-order chi connectivity index (χ1) is 9.63. The fourth-order valence-corrected chi connectivity index (χ4v) is 2.77. The molecule has 20 heavy (non-hydrogen) atoms. The number of carbonyl (C=O) groups excluding carboxylic acids is 1. The third kappa shape index (κ3) is 2.65. The van der Waals surface area contributed by atoms with Gasteiger partial charge in [0.05, 0.1) is 6.54 Å². The second kappa shape index (κ2) is 5.43. The van der Waals surface area contributed by atoms with Gasteiger partial charge in [0.15, 0.2) is 5.78 Å². The number of nitrogens with zero attached hydrogens (tertiary/aromatic N) is 1. The summed E-state index contributed by atoms with van der Waals surface area (Å²) in [7, 11) is 0. The Kier molecular flexibility index (Phi) is 3.64. The maximum absolute atomic E-state index is 12.3. The monoisotopic (exact) mass is 347 g/mol. The molecule has 0 bridgehead atoms. The number of Topliss-reactive ketones (excluding diaryl/α,β-unsaturated/α-hetero) is 1. The second-order valence-corrected chi connectivity index (χ2v) is 5.93. The largest absolute Gasteiger partial charge is 0.340 e. The Morgan fingerprint density at radius 2 is 2.00 bits per heavy atom. The number of hydrogen-bond donors (Lipinski definition) is 0. The summed E-state index contributed by atoms with van der Waals surface area (Å²) in [5, 5.41) is 1.75. The summed E-state index contributed by atoms with van der Waals surface area (Å²) in [6.45, 7) is 0.306. The van der Waals surface area contributed by atoms with Gasteiger partial charge in [-0.2, -0.15) is 0 Å². The van der Waals surface area contributed by atoms with E-state index < -0.39 is 0 Å². The summed E-state index contributed by atoms with van der Waals surface area (Å²) in [5.41, 5.74) is 1.67. The highest BCUT2D eigenvalue weighted by molar-refractivity contribution is 9.10. The van der Waals surface area contributed by atoms with Crippen molar-refractivity contribution in [3.8, 4) is 0 Å². The molecule has 1 heterocycles. The number of halogens is 2. The number of fused-ring (bicyclic) bond motifs is 1. The molecule has 0 atom stereocenters. The van der Waals surface area contributed by atoms with Gasteiger partial charge < -0.3 is 4.57 Å². The van der Waals surface area contributed by atoms with Gasteiger partial charge in [0.2, 0.25) is 0 Å². The van der Waals surface area contributed by atoms with Gasteiger partial charge in [-0.05, 0) is 35.7 Å². The Balaban J connectivity index is 1.93. The highest BCUT2D eigenvalue weighted by Crippen LogP contribution is 2.21. The zero-order valence-corrected chi connectivity index (χ0v) is 12.9. The summed E-state index contributed by atoms with van der Waals surface area (Å²) < 4.78 is 2.83. The normalized spacial score (nSPS) is 10.9. The molecule has 0 aliphatic carbocycles. The predicted molar refractivity (Wildman–Crippen MR) is 85.4 cm³/mol. The van der Waals surface area contributed by atoms with Crippen LogP contribution in [0.3, 0.4) is 0 Å². The lowest BCUT2D eigenvalue weighted by atomic mass is 10.1. The van der Waals surface area contributed by atoms with Crippen LogP contribution < -0.4 is 0 Å². The minimum Gasteiger partial charge on any atom is -0.340 e. The van der Waals surface area contributed by atoms with Crippen molar-refractivity contribution in [3.05, 3.63) is 69.8 Å². The van der Waals surface area contributed by atoms with Gasteiger partial charge in [-0.1, -0.05) is 45.7 Å². The second-order valence-electron chi connectivity index (χ2n) is 4.58. The Morgan fingerprint density at radius 1 is 1.15 bits per heavy atom. The quantitative estimate of drug-likeness (QED) is 0.614. The van der Waals surface area contributed by atoms with Gasteiger partial charge in [-0.25, -0.2) is 0 Å². The smallest absolute Gasteiger partial charge is 0.182 e. The standard InChI is InChI=1S/C16H11BrClNO/c17-13-3-1-2-12(8-13)16(20)10-19-7-6-11-4-5-14(18)9-15(11)19/h1-9H,10H2. The van der Waals surface area contributed by atoms with Crippen molar-refractivity contribution in [2.24, 2.45) is 0 Å². The Labute approximate surface area is 130 Å². The van der Waals surface area contributed by atoms with E-state index in [1.54, 1.807) is 0 Å². The fourth-order valence-electron chi connectivity index (χ4n) is 2.20. The minimum atomic E-state index is 0.0729. The summed E-state index contributed by atoms with van der Waals surface area (Å²) in [6, 6.07) is 15.1. The lowest BCUT2D eigenvalue weighted by molar-refractivity contribution is 0.0973. The van der Waals surface area contributed by atoms with Gasteiger partial charge in [0, 0.05) is 26.8 Å². The van der Waals surface area contributed by atoms with E-state index in [-0.39, 0.29) is 5.78 Å². The van der Waals surface area contributed by atoms with Gasteiger partial charge in [-0.15, -0.1) is 0 Å². The number of aromatic nitrogens is 1. The SMILES string of the molecule is O=C(Cn1ccc2ccc(Cl)cc21)c1cccc(Br)c1. The zero-order valence-electron chi connectivity index (χ0n) is 10.5. The first-order valence-corrected chi connectivity index (χ1v) is 7.34. The summed E-state index contributed by atoms with van der Waals surface area (Å²) in [5.74, 6) is 0.0729. The first kappa shape index (κ1) is 13.4. The molecule has 0 unspecified atom stereocenters. The number of rotatable bonds is 3. The van der Waals surface area contributed by atoms with Crippen LogP contribution in [0.4, 0.5) is 0 Å². The van der Waals surface area contributed by atoms with E-state index in [2.05, 4.69) is 15.9 Å². The van der Waals surface area contributed by atoms with Crippen molar-refractivity contribution >= 4 is 44.2 Å². The van der Waals surface area contributed by atoms with Crippen LogP contribution in [-0.4, -0.2) is 10.4 Å². The molecule has 1 aromatic heterocycles. The fraction of sp³-hybridized carbons (Fsp3) is 0.0625. The van der Waals surface area contributed by atoms with E-state index in [4.69, 9.17) is 11.6 Å². The Morgan fingerprint density at radius 3 is 2.80 bits per heavy atom. The number of hydrogen-bond acceptors (Lipinski definition) is 1. The molecule has 0 aliphatic heterocycles. The summed E-state index contributed by atoms with van der Waals surface area (Å²) in [6.07, 6.45) is 1.91. The summed E-state index contributed by atoms with van der Waals surface area (Å²) in [4.78, 5) is 12.3. The Bertz CT molecular complexity index is 794. The van der Waals surface area contributed by atoms with Crippen LogP contribution in [0.15, 0.2) is 59.2 Å². The van der Waals surface area contributed by atoms with Crippen LogP contribution in [0.2, 0.25) is 5.02 Å². The van der Waals surface area contributed by atoms with E-state index in [0.29, 0.717) is 17.1 Å². The Hall–Kier alpha value is -1.58. The molecule has 3 rings (SSSR count). The molecule has 100 valence electrons. The van der Waals surface area contributed by atoms with Crippen molar-refractivity contribution < 1.29 is 4.79 Å². The van der Waals surface area contributed by atoms with Crippen molar-refractivity contribution in [1.29, 1.82) is 0 Å². The van der Waals surface area contributed by atoms with Gasteiger partial charge in [0.1, 0.15) is 0 Å². The van der Waals surface area contributed by atoms with Crippen LogP contribution in [0, 0.1) is 0 Å². The molecule has 0 spiro atoms. The highest BCUT2D eigenvalue weighted by atomic mass is 79.9. The van der Waals surface area contributed by atoms with Crippen molar-refractivity contribution in [2.75, 3.05) is 0 Å². The van der Waals surface area contributed by atoms with E-state index >= 15 is 0 Å². The molecular formula is C16H11BrClNO. The first-order valence-electron chi connectivity index (χ1n) is 6.17. The predicted octanol–water partition coefficient (Wildman–Crippen LogP) is 4.94. The van der Waals surface area contributed by atoms with E-state index in [1.165, 1.54) is 0 Å². The van der Waals surface area contributed by atoms with Crippen molar-refractivity contribution in [1.82, 2.24) is 4.57 Å². The number of carbonyl (C=O) groups is 1. The average molecular weight is 349 g/mol. The number of benzene rings is 2. The molecule has 0 saturated heterocycles. The van der Waals surface area contributed by atoms with Crippen LogP contribution in [-0.2, 0) is 6.54 Å². The van der Waals surface area contributed by atoms with E-state index in [0.717, 1.165) is 15.4 Å². The molecule has 2 nitrogen and oxygen atoms in total. The molecule has 2 aromatic carbocycles. The molecule has 0 saturated carbocycles. The maximum Gasteiger partial charge on any atom is 0.182 e.